The Bertz CT molecular complexity index is 638. The molecule has 0 aliphatic carbocycles. The topological polar surface area (TPSA) is 113 Å². The van der Waals surface area contributed by atoms with Crippen LogP contribution in [0, 0.1) is 0 Å². The van der Waals surface area contributed by atoms with Crippen molar-refractivity contribution >= 4 is 33.2 Å². The third kappa shape index (κ3) is 4.26. The van der Waals surface area contributed by atoms with E-state index in [1.54, 1.807) is 0 Å². The van der Waals surface area contributed by atoms with E-state index >= 15 is 0 Å². The van der Waals surface area contributed by atoms with Gasteiger partial charge in [0.2, 0.25) is 10.0 Å². The normalized spacial score (nSPS) is 13.1. The van der Waals surface area contributed by atoms with E-state index in [9.17, 15) is 18.0 Å². The van der Waals surface area contributed by atoms with Crippen molar-refractivity contribution in [1.29, 1.82) is 0 Å². The quantitative estimate of drug-likeness (QED) is 0.693. The number of nitrogens with zero attached hydrogens (tertiary/aromatic N) is 1. The molecule has 0 aliphatic heterocycles. The molecule has 0 fully saturated rings. The molecule has 124 valence electrons. The Labute approximate surface area is 132 Å². The van der Waals surface area contributed by atoms with Gasteiger partial charge in [0.1, 0.15) is 15.8 Å². The number of rotatable bonds is 8. The lowest BCUT2D eigenvalue weighted by Crippen LogP contribution is -2.41. The third-order valence-electron chi connectivity index (χ3n) is 2.81. The minimum atomic E-state index is -3.77. The van der Waals surface area contributed by atoms with Crippen molar-refractivity contribution in [2.45, 2.75) is 17.4 Å². The average molecular weight is 350 g/mol. The van der Waals surface area contributed by atoms with Gasteiger partial charge in [-0.3, -0.25) is 4.79 Å². The number of carbonyl (C=O) groups excluding carboxylic acids is 1. The van der Waals surface area contributed by atoms with Crippen molar-refractivity contribution in [3.63, 3.8) is 0 Å². The molecule has 1 heterocycles. The summed E-state index contributed by atoms with van der Waals surface area (Å²) in [5.74, 6) is -1.95. The number of sulfonamides is 1. The Morgan fingerprint density at radius 1 is 1.45 bits per heavy atom. The van der Waals surface area contributed by atoms with Gasteiger partial charge in [-0.15, -0.1) is 11.3 Å². The Hall–Kier alpha value is -1.49. The molecule has 0 aromatic carbocycles. The molecule has 10 heteroatoms. The number of hydrogen-bond donors (Lipinski definition) is 2. The van der Waals surface area contributed by atoms with Crippen LogP contribution in [0.4, 0.5) is 0 Å². The fourth-order valence-corrected chi connectivity index (χ4v) is 3.78. The molecule has 0 saturated carbocycles. The summed E-state index contributed by atoms with van der Waals surface area (Å²) in [6.45, 7) is 0.157. The minimum absolute atomic E-state index is 0.0441. The van der Waals surface area contributed by atoms with E-state index in [0.717, 1.165) is 15.6 Å². The number of hydrogen-bond acceptors (Lipinski definition) is 6. The molecule has 8 nitrogen and oxygen atoms in total. The standard InChI is InChI=1S/C12H18N2O6S2/c1-14(2)22(18,19)9-5-7-21-10(9)11(15)13-8(12(16)17)4-6-20-3/h5,7-8H,4,6H2,1-3H3,(H,13,15)(H,16,17). The molecule has 2 N–H and O–H groups in total. The van der Waals surface area contributed by atoms with Gasteiger partial charge in [0.15, 0.2) is 0 Å². The summed E-state index contributed by atoms with van der Waals surface area (Å²) in [5.41, 5.74) is 0. The third-order valence-corrected chi connectivity index (χ3v) is 5.71. The summed E-state index contributed by atoms with van der Waals surface area (Å²) in [7, 11) is 0.356. The van der Waals surface area contributed by atoms with Gasteiger partial charge < -0.3 is 15.2 Å². The molecule has 1 unspecified atom stereocenters. The first-order chi connectivity index (χ1) is 10.2. The van der Waals surface area contributed by atoms with Crippen LogP contribution in [-0.4, -0.2) is 63.6 Å². The molecular weight excluding hydrogens is 332 g/mol. The molecule has 0 aliphatic rings. The van der Waals surface area contributed by atoms with E-state index in [1.807, 2.05) is 0 Å². The maximum Gasteiger partial charge on any atom is 0.326 e. The second-order valence-electron chi connectivity index (χ2n) is 4.55. The largest absolute Gasteiger partial charge is 0.480 e. The van der Waals surface area contributed by atoms with Crippen LogP contribution in [0.2, 0.25) is 0 Å². The molecule has 0 bridgehead atoms. The molecule has 1 aromatic heterocycles. The van der Waals surface area contributed by atoms with Gasteiger partial charge in [0, 0.05) is 34.2 Å². The van der Waals surface area contributed by atoms with E-state index in [-0.39, 0.29) is 22.8 Å². The molecule has 0 spiro atoms. The lowest BCUT2D eigenvalue weighted by molar-refractivity contribution is -0.139. The zero-order valence-electron chi connectivity index (χ0n) is 12.4. The van der Waals surface area contributed by atoms with Crippen LogP contribution in [0.3, 0.4) is 0 Å². The van der Waals surface area contributed by atoms with Crippen molar-refractivity contribution in [3.05, 3.63) is 16.3 Å². The number of ether oxygens (including phenoxy) is 1. The monoisotopic (exact) mass is 350 g/mol. The lowest BCUT2D eigenvalue weighted by Gasteiger charge is -2.15. The van der Waals surface area contributed by atoms with Gasteiger partial charge in [-0.25, -0.2) is 17.5 Å². The van der Waals surface area contributed by atoms with Gasteiger partial charge in [-0.1, -0.05) is 0 Å². The fourth-order valence-electron chi connectivity index (χ4n) is 1.58. The van der Waals surface area contributed by atoms with E-state index < -0.39 is 27.9 Å². The Morgan fingerprint density at radius 3 is 2.59 bits per heavy atom. The van der Waals surface area contributed by atoms with Crippen LogP contribution in [0.5, 0.6) is 0 Å². The van der Waals surface area contributed by atoms with E-state index in [1.165, 1.54) is 32.7 Å². The SMILES string of the molecule is COCCC(NC(=O)c1sccc1S(=O)(=O)N(C)C)C(=O)O. The van der Waals surface area contributed by atoms with Crippen molar-refractivity contribution in [3.8, 4) is 0 Å². The molecule has 1 rings (SSSR count). The highest BCUT2D eigenvalue weighted by molar-refractivity contribution is 7.89. The van der Waals surface area contributed by atoms with E-state index in [2.05, 4.69) is 5.32 Å². The van der Waals surface area contributed by atoms with Crippen LogP contribution in [0.25, 0.3) is 0 Å². The molecular formula is C12H18N2O6S2. The maximum atomic E-state index is 12.2. The van der Waals surface area contributed by atoms with Gasteiger partial charge in [0.05, 0.1) is 0 Å². The number of methoxy groups -OCH3 is 1. The van der Waals surface area contributed by atoms with Gasteiger partial charge in [-0.2, -0.15) is 0 Å². The smallest absolute Gasteiger partial charge is 0.326 e. The predicted octanol–water partition coefficient (Wildman–Crippen LogP) is 0.218. The summed E-state index contributed by atoms with van der Waals surface area (Å²) in [5, 5.41) is 12.9. The highest BCUT2D eigenvalue weighted by Gasteiger charge is 2.28. The fraction of sp³-hybridized carbons (Fsp3) is 0.500. The number of carbonyl (C=O) groups is 2. The number of nitrogens with one attached hydrogen (secondary N) is 1. The number of carboxylic acid groups (broad SMARTS) is 1. The summed E-state index contributed by atoms with van der Waals surface area (Å²) in [6, 6.07) is 0.171. The van der Waals surface area contributed by atoms with Crippen molar-refractivity contribution in [2.24, 2.45) is 0 Å². The molecule has 1 amide bonds. The van der Waals surface area contributed by atoms with Crippen LogP contribution >= 0.6 is 11.3 Å². The molecule has 0 saturated heterocycles. The Kier molecular flexibility index (Phi) is 6.48. The zero-order valence-corrected chi connectivity index (χ0v) is 14.0. The van der Waals surface area contributed by atoms with Crippen molar-refractivity contribution < 1.29 is 27.9 Å². The lowest BCUT2D eigenvalue weighted by atomic mass is 10.2. The first-order valence-electron chi connectivity index (χ1n) is 6.24. The maximum absolute atomic E-state index is 12.2. The highest BCUT2D eigenvalue weighted by Crippen LogP contribution is 2.24. The van der Waals surface area contributed by atoms with Crippen LogP contribution in [0.15, 0.2) is 16.3 Å². The van der Waals surface area contributed by atoms with Gasteiger partial charge in [-0.05, 0) is 11.4 Å². The number of carboxylic acids is 1. The van der Waals surface area contributed by atoms with Gasteiger partial charge >= 0.3 is 5.97 Å². The molecule has 1 atom stereocenters. The Balaban J connectivity index is 3.00. The molecule has 1 aromatic rings. The van der Waals surface area contributed by atoms with Crippen molar-refractivity contribution in [1.82, 2.24) is 9.62 Å². The zero-order chi connectivity index (χ0) is 16.9. The first kappa shape index (κ1) is 18.6. The van der Waals surface area contributed by atoms with Crippen molar-refractivity contribution in [2.75, 3.05) is 27.8 Å². The van der Waals surface area contributed by atoms with E-state index in [4.69, 9.17) is 9.84 Å². The second-order valence-corrected chi connectivity index (χ2v) is 7.58. The van der Waals surface area contributed by atoms with Gasteiger partial charge in [0.25, 0.3) is 5.91 Å². The van der Waals surface area contributed by atoms with E-state index in [0.29, 0.717) is 0 Å². The second kappa shape index (κ2) is 7.68. The number of aliphatic carboxylic acids is 1. The predicted molar refractivity (Wildman–Crippen MR) is 80.6 cm³/mol. The minimum Gasteiger partial charge on any atom is -0.480 e. The molecule has 22 heavy (non-hydrogen) atoms. The highest BCUT2D eigenvalue weighted by atomic mass is 32.2. The average Bonchev–Trinajstić information content (AvgIpc) is 2.92. The van der Waals surface area contributed by atoms with Crippen LogP contribution < -0.4 is 5.32 Å². The van der Waals surface area contributed by atoms with Crippen LogP contribution in [-0.2, 0) is 19.6 Å². The first-order valence-corrected chi connectivity index (χ1v) is 8.56. The number of thiophene rings is 1. The molecule has 0 radical (unpaired) electrons. The Morgan fingerprint density at radius 2 is 2.09 bits per heavy atom. The summed E-state index contributed by atoms with van der Waals surface area (Å²) < 4.78 is 30.0. The number of amides is 1. The summed E-state index contributed by atoms with van der Waals surface area (Å²) in [4.78, 5) is 23.1. The summed E-state index contributed by atoms with van der Waals surface area (Å²) >= 11 is 0.937. The summed E-state index contributed by atoms with van der Waals surface area (Å²) in [6.07, 6.45) is 0.0821. The van der Waals surface area contributed by atoms with Crippen LogP contribution in [0.1, 0.15) is 16.1 Å².